The minimum atomic E-state index is -3.70. The predicted molar refractivity (Wildman–Crippen MR) is 124 cm³/mol. The number of halogens is 1. The van der Waals surface area contributed by atoms with Gasteiger partial charge in [-0.15, -0.1) is 0 Å². The van der Waals surface area contributed by atoms with E-state index < -0.39 is 10.0 Å². The van der Waals surface area contributed by atoms with E-state index in [1.54, 1.807) is 12.1 Å². The van der Waals surface area contributed by atoms with Gasteiger partial charge in [0.2, 0.25) is 15.9 Å². The van der Waals surface area contributed by atoms with Gasteiger partial charge in [0.05, 0.1) is 17.0 Å². The van der Waals surface area contributed by atoms with Crippen LogP contribution in [0.25, 0.3) is 0 Å². The van der Waals surface area contributed by atoms with Crippen LogP contribution in [-0.4, -0.2) is 50.2 Å². The number of sulfonamides is 1. The van der Waals surface area contributed by atoms with E-state index in [9.17, 15) is 22.4 Å². The third-order valence-corrected chi connectivity index (χ3v) is 8.50. The fourth-order valence-corrected chi connectivity index (χ4v) is 6.04. The molecule has 0 unspecified atom stereocenters. The number of rotatable bonds is 7. The van der Waals surface area contributed by atoms with Crippen molar-refractivity contribution in [3.05, 3.63) is 65.5 Å². The highest BCUT2D eigenvalue weighted by atomic mass is 32.2. The summed E-state index contributed by atoms with van der Waals surface area (Å²) >= 11 is 0. The highest BCUT2D eigenvalue weighted by Gasteiger charge is 2.35. The molecule has 9 heteroatoms. The number of carbonyl (C=O) groups excluding carboxylic acids is 2. The fraction of sp³-hybridized carbons (Fsp3) is 0.440. The van der Waals surface area contributed by atoms with Gasteiger partial charge in [0.1, 0.15) is 5.82 Å². The maximum Gasteiger partial charge on any atom is 0.243 e. The van der Waals surface area contributed by atoms with Gasteiger partial charge < -0.3 is 10.1 Å². The van der Waals surface area contributed by atoms with Crippen LogP contribution in [0.4, 0.5) is 4.39 Å². The summed E-state index contributed by atoms with van der Waals surface area (Å²) < 4.78 is 46.6. The van der Waals surface area contributed by atoms with E-state index in [1.807, 2.05) is 0 Å². The maximum absolute atomic E-state index is 13.4. The highest BCUT2D eigenvalue weighted by Crippen LogP contribution is 2.29. The van der Waals surface area contributed by atoms with Crippen molar-refractivity contribution in [2.24, 2.45) is 5.92 Å². The molecule has 0 aliphatic carbocycles. The number of carbonyl (C=O) groups is 2. The molecule has 182 valence electrons. The van der Waals surface area contributed by atoms with Gasteiger partial charge in [-0.05, 0) is 62.4 Å². The summed E-state index contributed by atoms with van der Waals surface area (Å²) in [6.07, 6.45) is 2.34. The summed E-state index contributed by atoms with van der Waals surface area (Å²) in [7, 11) is -3.70. The largest absolute Gasteiger partial charge is 0.376 e. The third-order valence-electron chi connectivity index (χ3n) is 6.59. The Morgan fingerprint density at radius 1 is 1.03 bits per heavy atom. The number of amides is 1. The number of hydrogen-bond acceptors (Lipinski definition) is 5. The first-order valence-electron chi connectivity index (χ1n) is 11.5. The van der Waals surface area contributed by atoms with E-state index in [0.29, 0.717) is 25.0 Å². The van der Waals surface area contributed by atoms with E-state index in [2.05, 4.69) is 5.32 Å². The van der Waals surface area contributed by atoms with Crippen molar-refractivity contribution >= 4 is 21.7 Å². The van der Waals surface area contributed by atoms with Gasteiger partial charge in [-0.1, -0.05) is 24.3 Å². The van der Waals surface area contributed by atoms with E-state index in [4.69, 9.17) is 4.74 Å². The van der Waals surface area contributed by atoms with Crippen LogP contribution >= 0.6 is 0 Å². The molecule has 2 aromatic rings. The molecule has 0 saturated carbocycles. The minimum absolute atomic E-state index is 0.127. The van der Waals surface area contributed by atoms with Crippen LogP contribution in [0, 0.1) is 11.7 Å². The van der Waals surface area contributed by atoms with E-state index in [0.717, 1.165) is 18.4 Å². The Bertz CT molecular complexity index is 1120. The predicted octanol–water partition coefficient (Wildman–Crippen LogP) is 3.47. The van der Waals surface area contributed by atoms with Gasteiger partial charge in [0.25, 0.3) is 0 Å². The first kappa shape index (κ1) is 24.5. The number of nitrogens with one attached hydrogen (secondary N) is 1. The first-order chi connectivity index (χ1) is 16.3. The molecule has 0 spiro atoms. The normalized spacial score (nSPS) is 20.7. The molecule has 2 atom stereocenters. The van der Waals surface area contributed by atoms with Gasteiger partial charge in [0.15, 0.2) is 5.78 Å². The zero-order valence-electron chi connectivity index (χ0n) is 19.1. The lowest BCUT2D eigenvalue weighted by molar-refractivity contribution is -0.127. The number of hydrogen-bond donors (Lipinski definition) is 1. The van der Waals surface area contributed by atoms with Crippen LogP contribution in [0.1, 0.15) is 54.6 Å². The van der Waals surface area contributed by atoms with Crippen LogP contribution in [0.2, 0.25) is 0 Å². The van der Waals surface area contributed by atoms with Crippen molar-refractivity contribution in [2.75, 3.05) is 19.7 Å². The molecule has 2 aromatic carbocycles. The van der Waals surface area contributed by atoms with Gasteiger partial charge in [-0.3, -0.25) is 9.59 Å². The zero-order valence-corrected chi connectivity index (χ0v) is 19.9. The molecule has 7 nitrogen and oxygen atoms in total. The van der Waals surface area contributed by atoms with Crippen LogP contribution < -0.4 is 5.32 Å². The summed E-state index contributed by atoms with van der Waals surface area (Å²) in [5.41, 5.74) is 1.24. The second-order valence-electron chi connectivity index (χ2n) is 8.85. The van der Waals surface area contributed by atoms with Gasteiger partial charge >= 0.3 is 0 Å². The maximum atomic E-state index is 13.4. The Morgan fingerprint density at radius 2 is 1.68 bits per heavy atom. The average Bonchev–Trinajstić information content (AvgIpc) is 3.38. The Morgan fingerprint density at radius 3 is 2.24 bits per heavy atom. The summed E-state index contributed by atoms with van der Waals surface area (Å²) in [6.45, 7) is 2.52. The van der Waals surface area contributed by atoms with Gasteiger partial charge in [0, 0.05) is 31.2 Å². The lowest BCUT2D eigenvalue weighted by Gasteiger charge is -2.32. The Balaban J connectivity index is 1.40. The molecule has 1 N–H and O–H groups in total. The Hall–Kier alpha value is -2.62. The van der Waals surface area contributed by atoms with Crippen molar-refractivity contribution < 1.29 is 27.1 Å². The van der Waals surface area contributed by atoms with E-state index >= 15 is 0 Å². The fourth-order valence-electron chi connectivity index (χ4n) is 4.57. The second kappa shape index (κ2) is 10.3. The van der Waals surface area contributed by atoms with E-state index in [1.165, 1.54) is 47.6 Å². The molecule has 2 aliphatic rings. The third kappa shape index (κ3) is 5.37. The smallest absolute Gasteiger partial charge is 0.243 e. The molecule has 0 bridgehead atoms. The summed E-state index contributed by atoms with van der Waals surface area (Å²) in [6, 6.07) is 11.6. The lowest BCUT2D eigenvalue weighted by Crippen LogP contribution is -2.45. The molecular weight excluding hydrogens is 459 g/mol. The second-order valence-corrected chi connectivity index (χ2v) is 10.8. The number of benzene rings is 2. The Kier molecular flexibility index (Phi) is 7.45. The van der Waals surface area contributed by atoms with Crippen molar-refractivity contribution in [1.29, 1.82) is 0 Å². The van der Waals surface area contributed by atoms with Gasteiger partial charge in [-0.2, -0.15) is 4.31 Å². The SMILES string of the molecule is CC(=O)c1ccc(S(=O)(=O)N2CCC(C(=O)N[C@@H](c3ccc(F)cc3)[C@H]3CCCO3)CC2)cc1. The van der Waals surface area contributed by atoms with Crippen molar-refractivity contribution in [3.8, 4) is 0 Å². The number of ketones is 1. The van der Waals surface area contributed by atoms with Crippen molar-refractivity contribution in [2.45, 2.75) is 49.6 Å². The number of nitrogens with zero attached hydrogens (tertiary/aromatic N) is 1. The number of Topliss-reactive ketones (excluding diaryl/α,β-unsaturated/α-hetero) is 1. The summed E-state index contributed by atoms with van der Waals surface area (Å²) in [5.74, 6) is -0.938. The first-order valence-corrected chi connectivity index (χ1v) is 13.0. The van der Waals surface area contributed by atoms with Crippen LogP contribution in [0.5, 0.6) is 0 Å². The monoisotopic (exact) mass is 488 g/mol. The minimum Gasteiger partial charge on any atom is -0.376 e. The molecular formula is C25H29FN2O5S. The molecule has 4 rings (SSSR count). The van der Waals surface area contributed by atoms with Crippen LogP contribution in [0.15, 0.2) is 53.4 Å². The number of piperidine rings is 1. The molecule has 0 radical (unpaired) electrons. The quantitative estimate of drug-likeness (QED) is 0.603. The zero-order chi connectivity index (χ0) is 24.3. The summed E-state index contributed by atoms with van der Waals surface area (Å²) in [4.78, 5) is 24.7. The van der Waals surface area contributed by atoms with Crippen molar-refractivity contribution in [1.82, 2.24) is 9.62 Å². The molecule has 1 amide bonds. The summed E-state index contributed by atoms with van der Waals surface area (Å²) in [5, 5.41) is 3.08. The molecule has 2 fully saturated rings. The van der Waals surface area contributed by atoms with Crippen LogP contribution in [0.3, 0.4) is 0 Å². The van der Waals surface area contributed by atoms with Crippen molar-refractivity contribution in [3.63, 3.8) is 0 Å². The molecule has 2 saturated heterocycles. The van der Waals surface area contributed by atoms with Gasteiger partial charge in [-0.25, -0.2) is 12.8 Å². The van der Waals surface area contributed by atoms with E-state index in [-0.39, 0.29) is 53.6 Å². The molecule has 2 aliphatic heterocycles. The highest BCUT2D eigenvalue weighted by molar-refractivity contribution is 7.89. The standard InChI is InChI=1S/C25H29FN2O5S/c1-17(29)18-6-10-22(11-7-18)34(31,32)28-14-12-20(13-15-28)25(30)27-24(23-3-2-16-33-23)19-4-8-21(26)9-5-19/h4-11,20,23-24H,2-3,12-16H2,1H3,(H,27,30)/t23-,24+/m1/s1. The molecule has 34 heavy (non-hydrogen) atoms. The lowest BCUT2D eigenvalue weighted by atomic mass is 9.94. The average molecular weight is 489 g/mol. The Labute approximate surface area is 199 Å². The van der Waals surface area contributed by atoms with Crippen LogP contribution in [-0.2, 0) is 19.6 Å². The topological polar surface area (TPSA) is 92.8 Å². The molecule has 0 aromatic heterocycles. The molecule has 2 heterocycles. The number of ether oxygens (including phenoxy) is 1.